The van der Waals surface area contributed by atoms with Crippen LogP contribution < -0.4 is 25.0 Å². The van der Waals surface area contributed by atoms with Gasteiger partial charge in [0, 0.05) is 11.1 Å². The van der Waals surface area contributed by atoms with Gasteiger partial charge in [0.15, 0.2) is 11.5 Å². The van der Waals surface area contributed by atoms with Gasteiger partial charge in [-0.15, -0.1) is 0 Å². The van der Waals surface area contributed by atoms with Gasteiger partial charge in [0.25, 0.3) is 11.8 Å². The monoisotopic (exact) mass is 477 g/mol. The highest BCUT2D eigenvalue weighted by atomic mass is 35.5. The third-order valence-corrected chi connectivity index (χ3v) is 6.31. The summed E-state index contributed by atoms with van der Waals surface area (Å²) in [5, 5.41) is -0.0714. The zero-order valence-electron chi connectivity index (χ0n) is 16.3. The highest BCUT2D eigenvalue weighted by molar-refractivity contribution is 7.89. The molecule has 32 heavy (non-hydrogen) atoms. The van der Waals surface area contributed by atoms with E-state index in [1.165, 1.54) is 30.5 Å². The van der Waals surface area contributed by atoms with Crippen molar-refractivity contribution in [1.29, 1.82) is 0 Å². The molecule has 1 aliphatic heterocycles. The number of carbonyl (C=O) groups is 2. The molecule has 2 heterocycles. The number of sulfonamides is 1. The number of nitrogens with one attached hydrogen (secondary N) is 3. The van der Waals surface area contributed by atoms with Gasteiger partial charge in [-0.1, -0.05) is 11.6 Å². The first kappa shape index (κ1) is 21.7. The topological polar surface area (TPSA) is 136 Å². The number of amides is 2. The molecule has 0 atom stereocenters. The van der Waals surface area contributed by atoms with E-state index in [2.05, 4.69) is 15.6 Å². The molecule has 2 aromatic carbocycles. The Hall–Kier alpha value is -3.54. The lowest BCUT2D eigenvalue weighted by Crippen LogP contribution is -2.41. The normalized spacial score (nSPS) is 12.4. The summed E-state index contributed by atoms with van der Waals surface area (Å²) < 4.78 is 43.0. The molecule has 0 saturated heterocycles. The van der Waals surface area contributed by atoms with E-state index in [9.17, 15) is 18.0 Å². The highest BCUT2D eigenvalue weighted by Crippen LogP contribution is 2.32. The Morgan fingerprint density at radius 3 is 2.34 bits per heavy atom. The molecule has 166 valence electrons. The Kier molecular flexibility index (Phi) is 6.04. The Bertz CT molecular complexity index is 1280. The molecule has 12 heteroatoms. The molecular weight excluding hydrogens is 462 g/mol. The van der Waals surface area contributed by atoms with Gasteiger partial charge in [-0.25, -0.2) is 13.1 Å². The van der Waals surface area contributed by atoms with Crippen LogP contribution in [0.4, 0.5) is 0 Å². The average molecular weight is 478 g/mol. The largest absolute Gasteiger partial charge is 0.468 e. The zero-order chi connectivity index (χ0) is 22.7. The summed E-state index contributed by atoms with van der Waals surface area (Å²) in [6.45, 7) is -0.0248. The molecule has 4 rings (SSSR count). The van der Waals surface area contributed by atoms with Gasteiger partial charge in [0.2, 0.25) is 16.8 Å². The third-order valence-electron chi connectivity index (χ3n) is 4.42. The predicted molar refractivity (Wildman–Crippen MR) is 112 cm³/mol. The maximum atomic E-state index is 12.6. The minimum atomic E-state index is -4.04. The molecule has 3 N–H and O–H groups in total. The maximum Gasteiger partial charge on any atom is 0.269 e. The fourth-order valence-corrected chi connectivity index (χ4v) is 4.32. The molecule has 0 fully saturated rings. The minimum Gasteiger partial charge on any atom is -0.468 e. The number of benzene rings is 2. The van der Waals surface area contributed by atoms with Crippen molar-refractivity contribution >= 4 is 33.4 Å². The zero-order valence-corrected chi connectivity index (χ0v) is 17.8. The Morgan fingerprint density at radius 1 is 0.938 bits per heavy atom. The maximum absolute atomic E-state index is 12.6. The standard InChI is InChI=1S/C20H16ClN3O7S/c21-15-5-3-13(9-18(15)32(27,28)22-10-14-2-1-7-29-14)20(26)24-23-19(25)12-4-6-16-17(8-12)31-11-30-16/h1-9,22H,10-11H2,(H,23,25)(H,24,26). The van der Waals surface area contributed by atoms with Crippen molar-refractivity contribution in [3.63, 3.8) is 0 Å². The number of hydrogen-bond donors (Lipinski definition) is 3. The molecule has 10 nitrogen and oxygen atoms in total. The van der Waals surface area contributed by atoms with Gasteiger partial charge in [-0.05, 0) is 48.5 Å². The number of hydrogen-bond acceptors (Lipinski definition) is 7. The van der Waals surface area contributed by atoms with Gasteiger partial charge in [-0.3, -0.25) is 20.4 Å². The molecule has 2 amide bonds. The quantitative estimate of drug-likeness (QED) is 0.463. The van der Waals surface area contributed by atoms with Crippen LogP contribution in [0.1, 0.15) is 26.5 Å². The molecule has 0 radical (unpaired) electrons. The first-order valence-electron chi connectivity index (χ1n) is 9.15. The molecule has 3 aromatic rings. The van der Waals surface area contributed by atoms with E-state index in [1.807, 2.05) is 0 Å². The van der Waals surface area contributed by atoms with E-state index < -0.39 is 21.8 Å². The van der Waals surface area contributed by atoms with Crippen LogP contribution in [-0.4, -0.2) is 27.0 Å². The van der Waals surface area contributed by atoms with Gasteiger partial charge in [0.05, 0.1) is 17.8 Å². The molecular formula is C20H16ClN3O7S. The van der Waals surface area contributed by atoms with Crippen LogP contribution in [0.2, 0.25) is 5.02 Å². The molecule has 1 aliphatic rings. The van der Waals surface area contributed by atoms with E-state index in [-0.39, 0.29) is 34.4 Å². The third kappa shape index (κ3) is 4.69. The number of ether oxygens (including phenoxy) is 2. The number of fused-ring (bicyclic) bond motifs is 1. The van der Waals surface area contributed by atoms with Crippen LogP contribution in [0.3, 0.4) is 0 Å². The second-order valence-corrected chi connectivity index (χ2v) is 8.67. The van der Waals surface area contributed by atoms with Crippen molar-refractivity contribution < 1.29 is 31.9 Å². The van der Waals surface area contributed by atoms with Crippen LogP contribution in [-0.2, 0) is 16.6 Å². The van der Waals surface area contributed by atoms with Crippen molar-refractivity contribution in [3.05, 3.63) is 76.7 Å². The van der Waals surface area contributed by atoms with E-state index >= 15 is 0 Å². The lowest BCUT2D eigenvalue weighted by Gasteiger charge is -2.11. The highest BCUT2D eigenvalue weighted by Gasteiger charge is 2.21. The summed E-state index contributed by atoms with van der Waals surface area (Å²) in [5.74, 6) is 0.00126. The van der Waals surface area contributed by atoms with Crippen molar-refractivity contribution in [3.8, 4) is 11.5 Å². The van der Waals surface area contributed by atoms with Crippen molar-refractivity contribution in [1.82, 2.24) is 15.6 Å². The van der Waals surface area contributed by atoms with Crippen LogP contribution in [0.15, 0.2) is 64.1 Å². The van der Waals surface area contributed by atoms with E-state index in [0.717, 1.165) is 6.07 Å². The Labute approximate surface area is 187 Å². The fraction of sp³-hybridized carbons (Fsp3) is 0.100. The summed E-state index contributed by atoms with van der Waals surface area (Å²) in [6.07, 6.45) is 1.42. The van der Waals surface area contributed by atoms with Crippen molar-refractivity contribution in [2.24, 2.45) is 0 Å². The number of hydrazine groups is 1. The number of halogens is 1. The number of rotatable bonds is 6. The van der Waals surface area contributed by atoms with Crippen LogP contribution in [0, 0.1) is 0 Å². The van der Waals surface area contributed by atoms with Gasteiger partial charge in [0.1, 0.15) is 10.7 Å². The summed E-state index contributed by atoms with van der Waals surface area (Å²) in [6, 6.07) is 11.5. The average Bonchev–Trinajstić information content (AvgIpc) is 3.47. The Morgan fingerprint density at radius 2 is 1.62 bits per heavy atom. The SMILES string of the molecule is O=C(NNC(=O)c1ccc(Cl)c(S(=O)(=O)NCc2ccco2)c1)c1ccc2c(c1)OCO2. The van der Waals surface area contributed by atoms with Crippen molar-refractivity contribution in [2.45, 2.75) is 11.4 Å². The summed E-state index contributed by atoms with van der Waals surface area (Å²) in [7, 11) is -4.04. The van der Waals surface area contributed by atoms with Gasteiger partial charge in [-0.2, -0.15) is 0 Å². The van der Waals surface area contributed by atoms with E-state index in [0.29, 0.717) is 17.3 Å². The molecule has 0 spiro atoms. The van der Waals surface area contributed by atoms with Gasteiger partial charge >= 0.3 is 0 Å². The molecule has 1 aromatic heterocycles. The molecule has 0 saturated carbocycles. The molecule has 0 bridgehead atoms. The first-order valence-corrected chi connectivity index (χ1v) is 11.0. The Balaban J connectivity index is 1.43. The predicted octanol–water partition coefficient (Wildman–Crippen LogP) is 2.21. The van der Waals surface area contributed by atoms with E-state index in [1.54, 1.807) is 18.2 Å². The lowest BCUT2D eigenvalue weighted by molar-refractivity contribution is 0.0846. The smallest absolute Gasteiger partial charge is 0.269 e. The summed E-state index contributed by atoms with van der Waals surface area (Å²) >= 11 is 6.03. The second-order valence-electron chi connectivity index (χ2n) is 6.53. The van der Waals surface area contributed by atoms with Crippen LogP contribution in [0.5, 0.6) is 11.5 Å². The number of furan rings is 1. The van der Waals surface area contributed by atoms with E-state index in [4.69, 9.17) is 25.5 Å². The summed E-state index contributed by atoms with van der Waals surface area (Å²) in [5.41, 5.74) is 4.70. The minimum absolute atomic E-state index is 0.0289. The van der Waals surface area contributed by atoms with Crippen LogP contribution in [0.25, 0.3) is 0 Å². The molecule has 0 aliphatic carbocycles. The van der Waals surface area contributed by atoms with Crippen LogP contribution >= 0.6 is 11.6 Å². The van der Waals surface area contributed by atoms with Gasteiger partial charge < -0.3 is 13.9 Å². The number of carbonyl (C=O) groups excluding carboxylic acids is 2. The molecule has 0 unspecified atom stereocenters. The second kappa shape index (κ2) is 8.91. The fourth-order valence-electron chi connectivity index (χ4n) is 2.80. The summed E-state index contributed by atoms with van der Waals surface area (Å²) in [4.78, 5) is 24.5. The van der Waals surface area contributed by atoms with Crippen molar-refractivity contribution in [2.75, 3.05) is 6.79 Å². The lowest BCUT2D eigenvalue weighted by atomic mass is 10.2. The first-order chi connectivity index (χ1) is 15.3.